The summed E-state index contributed by atoms with van der Waals surface area (Å²) in [5.41, 5.74) is 2.67. The first-order valence-corrected chi connectivity index (χ1v) is 9.41. The molecule has 3 aromatic rings. The quantitative estimate of drug-likeness (QED) is 0.664. The van der Waals surface area contributed by atoms with Crippen LogP contribution in [0.1, 0.15) is 20.9 Å². The number of carbonyl (C=O) groups excluding carboxylic acids is 1. The van der Waals surface area contributed by atoms with Crippen LogP contribution < -0.4 is 10.1 Å². The molecule has 1 aromatic heterocycles. The van der Waals surface area contributed by atoms with Crippen molar-refractivity contribution in [2.75, 3.05) is 13.7 Å². The van der Waals surface area contributed by atoms with Crippen molar-refractivity contribution in [3.05, 3.63) is 69.7 Å². The van der Waals surface area contributed by atoms with E-state index in [0.717, 1.165) is 28.4 Å². The van der Waals surface area contributed by atoms with Gasteiger partial charge in [-0.1, -0.05) is 11.6 Å². The summed E-state index contributed by atoms with van der Waals surface area (Å²) in [4.78, 5) is 18.0. The highest BCUT2D eigenvalue weighted by molar-refractivity contribution is 7.15. The molecule has 0 radical (unpaired) electrons. The summed E-state index contributed by atoms with van der Waals surface area (Å²) in [7, 11) is 1.65. The largest absolute Gasteiger partial charge is 0.497 e. The van der Waals surface area contributed by atoms with Crippen molar-refractivity contribution >= 4 is 28.8 Å². The van der Waals surface area contributed by atoms with E-state index in [-0.39, 0.29) is 5.91 Å². The smallest absolute Gasteiger partial charge is 0.251 e. The summed E-state index contributed by atoms with van der Waals surface area (Å²) in [6.45, 7) is 2.56. The van der Waals surface area contributed by atoms with Crippen LogP contribution in [0.15, 0.2) is 48.5 Å². The third-order valence-corrected chi connectivity index (χ3v) is 5.49. The van der Waals surface area contributed by atoms with Crippen molar-refractivity contribution in [1.82, 2.24) is 10.3 Å². The Kier molecular flexibility index (Phi) is 5.91. The van der Waals surface area contributed by atoms with Crippen LogP contribution in [0.2, 0.25) is 5.02 Å². The minimum absolute atomic E-state index is 0.0980. The molecule has 1 heterocycles. The standard InChI is InChI=1S/C20H19ClN2O2S/c1-13-18(11-12-22-19(24)14-3-7-16(21)8-4-14)26-20(23-13)15-5-9-17(25-2)10-6-15/h3-10H,11-12H2,1-2H3,(H,22,24). The molecular formula is C20H19ClN2O2S. The molecule has 26 heavy (non-hydrogen) atoms. The van der Waals surface area contributed by atoms with Crippen LogP contribution in [0.25, 0.3) is 10.6 Å². The fourth-order valence-corrected chi connectivity index (χ4v) is 3.70. The maximum Gasteiger partial charge on any atom is 0.251 e. The van der Waals surface area contributed by atoms with Gasteiger partial charge in [-0.25, -0.2) is 4.98 Å². The van der Waals surface area contributed by atoms with Gasteiger partial charge >= 0.3 is 0 Å². The molecule has 0 aliphatic rings. The van der Waals surface area contributed by atoms with Crippen molar-refractivity contribution in [3.8, 4) is 16.3 Å². The molecule has 6 heteroatoms. The van der Waals surface area contributed by atoms with Crippen molar-refractivity contribution in [1.29, 1.82) is 0 Å². The van der Waals surface area contributed by atoms with Gasteiger partial charge in [0.1, 0.15) is 10.8 Å². The highest BCUT2D eigenvalue weighted by Gasteiger charge is 2.11. The van der Waals surface area contributed by atoms with Crippen molar-refractivity contribution < 1.29 is 9.53 Å². The van der Waals surface area contributed by atoms with Crippen LogP contribution in [0.3, 0.4) is 0 Å². The zero-order valence-corrected chi connectivity index (χ0v) is 16.2. The lowest BCUT2D eigenvalue weighted by molar-refractivity contribution is 0.0954. The fourth-order valence-electron chi connectivity index (χ4n) is 2.51. The van der Waals surface area contributed by atoms with Gasteiger partial charge in [0.25, 0.3) is 5.91 Å². The Morgan fingerprint density at radius 2 is 1.85 bits per heavy atom. The van der Waals surface area contributed by atoms with Crippen LogP contribution in [-0.2, 0) is 6.42 Å². The number of hydrogen-bond acceptors (Lipinski definition) is 4. The topological polar surface area (TPSA) is 51.2 Å². The minimum Gasteiger partial charge on any atom is -0.497 e. The lowest BCUT2D eigenvalue weighted by atomic mass is 10.2. The number of methoxy groups -OCH3 is 1. The first kappa shape index (κ1) is 18.4. The van der Waals surface area contributed by atoms with Crippen LogP contribution in [-0.4, -0.2) is 24.5 Å². The Balaban J connectivity index is 1.60. The average molecular weight is 387 g/mol. The molecule has 0 saturated carbocycles. The number of hydrogen-bond donors (Lipinski definition) is 1. The van der Waals surface area contributed by atoms with Gasteiger partial charge in [-0.3, -0.25) is 4.79 Å². The second-order valence-corrected chi connectivity index (χ2v) is 7.29. The number of rotatable bonds is 6. The number of halogens is 1. The molecule has 1 amide bonds. The summed E-state index contributed by atoms with van der Waals surface area (Å²) < 4.78 is 5.19. The van der Waals surface area contributed by atoms with E-state index in [2.05, 4.69) is 10.3 Å². The lowest BCUT2D eigenvalue weighted by Gasteiger charge is -2.04. The van der Waals surface area contributed by atoms with E-state index in [1.54, 1.807) is 42.7 Å². The van der Waals surface area contributed by atoms with Gasteiger partial charge in [0, 0.05) is 34.0 Å². The van der Waals surface area contributed by atoms with E-state index in [4.69, 9.17) is 16.3 Å². The Morgan fingerprint density at radius 1 is 1.15 bits per heavy atom. The molecule has 3 rings (SSSR count). The predicted octanol–water partition coefficient (Wildman–Crippen LogP) is 4.75. The molecule has 2 aromatic carbocycles. The summed E-state index contributed by atoms with van der Waals surface area (Å²) in [5, 5.41) is 4.53. The van der Waals surface area contributed by atoms with Gasteiger partial charge in [0.2, 0.25) is 0 Å². The van der Waals surface area contributed by atoms with E-state index < -0.39 is 0 Å². The Labute approximate surface area is 161 Å². The summed E-state index contributed by atoms with van der Waals surface area (Å²) in [5.74, 6) is 0.728. The summed E-state index contributed by atoms with van der Waals surface area (Å²) in [6, 6.07) is 14.7. The molecule has 0 bridgehead atoms. The van der Waals surface area contributed by atoms with Gasteiger partial charge in [0.15, 0.2) is 0 Å². The third-order valence-electron chi connectivity index (χ3n) is 3.97. The van der Waals surface area contributed by atoms with Crippen LogP contribution in [0, 0.1) is 6.92 Å². The number of carbonyl (C=O) groups is 1. The maximum absolute atomic E-state index is 12.1. The molecular weight excluding hydrogens is 368 g/mol. The second-order valence-electron chi connectivity index (χ2n) is 5.77. The Hall–Kier alpha value is -2.37. The van der Waals surface area contributed by atoms with Crippen LogP contribution in [0.4, 0.5) is 0 Å². The first-order chi connectivity index (χ1) is 12.6. The highest BCUT2D eigenvalue weighted by Crippen LogP contribution is 2.29. The van der Waals surface area contributed by atoms with Gasteiger partial charge in [-0.15, -0.1) is 11.3 Å². The van der Waals surface area contributed by atoms with Gasteiger partial charge in [0.05, 0.1) is 12.8 Å². The molecule has 0 aliphatic heterocycles. The highest BCUT2D eigenvalue weighted by atomic mass is 35.5. The number of thiazole rings is 1. The van der Waals surface area contributed by atoms with E-state index in [9.17, 15) is 4.79 Å². The minimum atomic E-state index is -0.0980. The normalized spacial score (nSPS) is 10.6. The number of benzene rings is 2. The summed E-state index contributed by atoms with van der Waals surface area (Å²) >= 11 is 7.50. The number of aryl methyl sites for hydroxylation is 1. The van der Waals surface area contributed by atoms with Crippen molar-refractivity contribution in [3.63, 3.8) is 0 Å². The van der Waals surface area contributed by atoms with E-state index >= 15 is 0 Å². The monoisotopic (exact) mass is 386 g/mol. The number of aromatic nitrogens is 1. The van der Waals surface area contributed by atoms with E-state index in [1.165, 1.54) is 4.88 Å². The van der Waals surface area contributed by atoms with E-state index in [0.29, 0.717) is 17.1 Å². The molecule has 0 atom stereocenters. The van der Waals surface area contributed by atoms with Crippen molar-refractivity contribution in [2.24, 2.45) is 0 Å². The maximum atomic E-state index is 12.1. The van der Waals surface area contributed by atoms with Crippen molar-refractivity contribution in [2.45, 2.75) is 13.3 Å². The first-order valence-electron chi connectivity index (χ1n) is 8.21. The van der Waals surface area contributed by atoms with E-state index in [1.807, 2.05) is 31.2 Å². The van der Waals surface area contributed by atoms with Gasteiger partial charge < -0.3 is 10.1 Å². The van der Waals surface area contributed by atoms with Crippen LogP contribution >= 0.6 is 22.9 Å². The zero-order chi connectivity index (χ0) is 18.5. The molecule has 134 valence electrons. The fraction of sp³-hybridized carbons (Fsp3) is 0.200. The van der Waals surface area contributed by atoms with Gasteiger partial charge in [-0.05, 0) is 55.5 Å². The lowest BCUT2D eigenvalue weighted by Crippen LogP contribution is -2.25. The molecule has 0 unspecified atom stereocenters. The number of nitrogens with one attached hydrogen (secondary N) is 1. The number of amides is 1. The third kappa shape index (κ3) is 4.42. The molecule has 0 fully saturated rings. The molecule has 4 nitrogen and oxygen atoms in total. The molecule has 0 aliphatic carbocycles. The summed E-state index contributed by atoms with van der Waals surface area (Å²) in [6.07, 6.45) is 0.749. The second kappa shape index (κ2) is 8.34. The Morgan fingerprint density at radius 3 is 2.50 bits per heavy atom. The SMILES string of the molecule is COc1ccc(-c2nc(C)c(CCNC(=O)c3ccc(Cl)cc3)s2)cc1. The predicted molar refractivity (Wildman–Crippen MR) is 106 cm³/mol. The van der Waals surface area contributed by atoms with Crippen LogP contribution in [0.5, 0.6) is 5.75 Å². The average Bonchev–Trinajstić information content (AvgIpc) is 3.03. The molecule has 1 N–H and O–H groups in total. The molecule has 0 spiro atoms. The number of ether oxygens (including phenoxy) is 1. The number of nitrogens with zero attached hydrogens (tertiary/aromatic N) is 1. The Bertz CT molecular complexity index is 889. The zero-order valence-electron chi connectivity index (χ0n) is 14.6. The molecule has 0 saturated heterocycles. The van der Waals surface area contributed by atoms with Gasteiger partial charge in [-0.2, -0.15) is 0 Å².